The molecule has 98 valence electrons. The smallest absolute Gasteiger partial charge is 0.189 e. The molecule has 1 heterocycles. The molecule has 0 unspecified atom stereocenters. The Morgan fingerprint density at radius 3 is 2.44 bits per heavy atom. The predicted molar refractivity (Wildman–Crippen MR) is 80.4 cm³/mol. The van der Waals surface area contributed by atoms with Crippen molar-refractivity contribution in [3.63, 3.8) is 0 Å². The average molecular weight is 263 g/mol. The predicted octanol–water partition coefficient (Wildman–Crippen LogP) is 2.96. The Morgan fingerprint density at radius 2 is 1.89 bits per heavy atom. The van der Waals surface area contributed by atoms with Crippen molar-refractivity contribution in [1.82, 2.24) is 10.7 Å². The van der Waals surface area contributed by atoms with E-state index in [-0.39, 0.29) is 5.66 Å². The van der Waals surface area contributed by atoms with Gasteiger partial charge < -0.3 is 5.32 Å². The molecule has 0 radical (unpaired) electrons. The van der Waals surface area contributed by atoms with Crippen LogP contribution in [-0.4, -0.2) is 10.8 Å². The minimum absolute atomic E-state index is 0.157. The van der Waals surface area contributed by atoms with Crippen molar-refractivity contribution in [1.29, 1.82) is 0 Å². The monoisotopic (exact) mass is 263 g/mol. The summed E-state index contributed by atoms with van der Waals surface area (Å²) in [6, 6.07) is 8.35. The summed E-state index contributed by atoms with van der Waals surface area (Å²) < 4.78 is 0. The quantitative estimate of drug-likeness (QED) is 0.820. The molecule has 18 heavy (non-hydrogen) atoms. The Hall–Kier alpha value is -1.13. The van der Waals surface area contributed by atoms with Crippen LogP contribution in [0.1, 0.15) is 32.8 Å². The fraction of sp³-hybridized carbons (Fsp3) is 0.500. The normalized spacial score (nSPS) is 23.6. The Bertz CT molecular complexity index is 441. The number of nitrogens with one attached hydrogen (secondary N) is 2. The molecular weight excluding hydrogens is 242 g/mol. The number of hydrogen-bond acceptors (Lipinski definition) is 2. The molecule has 2 N–H and O–H groups in total. The zero-order valence-corrected chi connectivity index (χ0v) is 12.3. The fourth-order valence-corrected chi connectivity index (χ4v) is 2.78. The zero-order valence-electron chi connectivity index (χ0n) is 11.4. The molecule has 1 aromatic carbocycles. The summed E-state index contributed by atoms with van der Waals surface area (Å²) in [5, 5.41) is 6.06. The van der Waals surface area contributed by atoms with Crippen LogP contribution in [0.15, 0.2) is 24.3 Å². The second kappa shape index (κ2) is 4.86. The second-order valence-corrected chi connectivity index (χ2v) is 6.03. The van der Waals surface area contributed by atoms with Crippen molar-refractivity contribution in [2.24, 2.45) is 5.92 Å². The molecule has 1 aliphatic rings. The van der Waals surface area contributed by atoms with Crippen molar-refractivity contribution in [3.05, 3.63) is 29.8 Å². The molecule has 3 nitrogen and oxygen atoms in total. The Labute approximate surface area is 115 Å². The van der Waals surface area contributed by atoms with Crippen molar-refractivity contribution in [3.8, 4) is 0 Å². The Balaban J connectivity index is 2.16. The van der Waals surface area contributed by atoms with E-state index in [0.29, 0.717) is 5.92 Å². The number of thiocarbonyl (C=S) groups is 1. The first-order valence-corrected chi connectivity index (χ1v) is 6.77. The number of anilines is 1. The number of hydrazine groups is 1. The maximum Gasteiger partial charge on any atom is 0.189 e. The number of hydrogen-bond donors (Lipinski definition) is 2. The molecule has 1 aromatic rings. The van der Waals surface area contributed by atoms with Crippen LogP contribution in [0.2, 0.25) is 0 Å². The molecule has 0 aliphatic carbocycles. The van der Waals surface area contributed by atoms with Crippen LogP contribution in [0.5, 0.6) is 0 Å². The standard InChI is InChI=1S/C14H21N3S/c1-10(2)9-14(4)15-13(18)17(16-14)12-7-5-11(3)6-8-12/h5-8,10,16H,9H2,1-4H3,(H,15,18)/t14-/m1/s1. The average Bonchev–Trinajstić information content (AvgIpc) is 2.54. The number of nitrogens with zero attached hydrogens (tertiary/aromatic N) is 1. The summed E-state index contributed by atoms with van der Waals surface area (Å²) in [5.74, 6) is 0.607. The van der Waals surface area contributed by atoms with Gasteiger partial charge in [-0.2, -0.15) is 0 Å². The molecule has 0 saturated carbocycles. The minimum atomic E-state index is -0.157. The third kappa shape index (κ3) is 2.82. The molecule has 1 atom stereocenters. The van der Waals surface area contributed by atoms with Gasteiger partial charge in [-0.05, 0) is 50.5 Å². The second-order valence-electron chi connectivity index (χ2n) is 5.64. The maximum absolute atomic E-state index is 5.41. The summed E-state index contributed by atoms with van der Waals surface area (Å²) >= 11 is 5.41. The molecular formula is C14H21N3S. The summed E-state index contributed by atoms with van der Waals surface area (Å²) in [5.41, 5.74) is 5.63. The van der Waals surface area contributed by atoms with Gasteiger partial charge in [-0.3, -0.25) is 5.01 Å². The van der Waals surface area contributed by atoms with Gasteiger partial charge in [0, 0.05) is 0 Å². The van der Waals surface area contributed by atoms with Crippen molar-refractivity contribution in [2.45, 2.75) is 39.8 Å². The van der Waals surface area contributed by atoms with Crippen LogP contribution in [0, 0.1) is 12.8 Å². The third-order valence-electron chi connectivity index (χ3n) is 3.05. The molecule has 1 fully saturated rings. The molecule has 1 saturated heterocycles. The van der Waals surface area contributed by atoms with Crippen LogP contribution in [0.3, 0.4) is 0 Å². The fourth-order valence-electron chi connectivity index (χ4n) is 2.41. The van der Waals surface area contributed by atoms with E-state index in [1.165, 1.54) is 5.56 Å². The van der Waals surface area contributed by atoms with Crippen molar-refractivity contribution < 1.29 is 0 Å². The molecule has 0 bridgehead atoms. The number of rotatable bonds is 3. The van der Waals surface area contributed by atoms with Crippen LogP contribution >= 0.6 is 12.2 Å². The number of aryl methyl sites for hydroxylation is 1. The van der Waals surface area contributed by atoms with Crippen LogP contribution in [0.4, 0.5) is 5.69 Å². The van der Waals surface area contributed by atoms with E-state index in [4.69, 9.17) is 12.2 Å². The lowest BCUT2D eigenvalue weighted by atomic mass is 10.0. The lowest BCUT2D eigenvalue weighted by Gasteiger charge is -2.27. The van der Waals surface area contributed by atoms with Crippen LogP contribution in [0.25, 0.3) is 0 Å². The summed E-state index contributed by atoms with van der Waals surface area (Å²) in [6.45, 7) is 8.66. The highest BCUT2D eigenvalue weighted by atomic mass is 32.1. The van der Waals surface area contributed by atoms with Gasteiger partial charge in [0.25, 0.3) is 0 Å². The van der Waals surface area contributed by atoms with Gasteiger partial charge in [-0.1, -0.05) is 31.5 Å². The zero-order chi connectivity index (χ0) is 13.3. The highest BCUT2D eigenvalue weighted by molar-refractivity contribution is 7.80. The largest absolute Gasteiger partial charge is 0.342 e. The lowest BCUT2D eigenvalue weighted by molar-refractivity contribution is 0.303. The highest BCUT2D eigenvalue weighted by Crippen LogP contribution is 2.23. The molecule has 4 heteroatoms. The van der Waals surface area contributed by atoms with Gasteiger partial charge >= 0.3 is 0 Å². The molecule has 2 rings (SSSR count). The lowest BCUT2D eigenvalue weighted by Crippen LogP contribution is -2.49. The van der Waals surface area contributed by atoms with E-state index in [2.05, 4.69) is 62.7 Å². The summed E-state index contributed by atoms with van der Waals surface area (Å²) in [6.07, 6.45) is 1.02. The third-order valence-corrected chi connectivity index (χ3v) is 3.34. The Kier molecular flexibility index (Phi) is 3.59. The summed E-state index contributed by atoms with van der Waals surface area (Å²) in [4.78, 5) is 0. The van der Waals surface area contributed by atoms with Crippen LogP contribution in [-0.2, 0) is 0 Å². The van der Waals surface area contributed by atoms with E-state index in [1.807, 2.05) is 5.01 Å². The maximum atomic E-state index is 5.41. The topological polar surface area (TPSA) is 27.3 Å². The SMILES string of the molecule is Cc1ccc(N2N[C@](C)(CC(C)C)NC2=S)cc1. The minimum Gasteiger partial charge on any atom is -0.342 e. The van der Waals surface area contributed by atoms with E-state index in [1.54, 1.807) is 0 Å². The molecule has 0 amide bonds. The highest BCUT2D eigenvalue weighted by Gasteiger charge is 2.36. The van der Waals surface area contributed by atoms with Gasteiger partial charge in [0.2, 0.25) is 0 Å². The first-order chi connectivity index (χ1) is 8.39. The van der Waals surface area contributed by atoms with Crippen molar-refractivity contribution >= 4 is 23.0 Å². The van der Waals surface area contributed by atoms with Crippen molar-refractivity contribution in [2.75, 3.05) is 5.01 Å². The van der Waals surface area contributed by atoms with E-state index >= 15 is 0 Å². The van der Waals surface area contributed by atoms with Gasteiger partial charge in [0.05, 0.1) is 5.69 Å². The molecule has 0 spiro atoms. The van der Waals surface area contributed by atoms with Gasteiger partial charge in [0.1, 0.15) is 5.66 Å². The van der Waals surface area contributed by atoms with E-state index in [0.717, 1.165) is 17.2 Å². The molecule has 0 aromatic heterocycles. The van der Waals surface area contributed by atoms with E-state index in [9.17, 15) is 0 Å². The number of benzene rings is 1. The van der Waals surface area contributed by atoms with Gasteiger partial charge in [-0.25, -0.2) is 5.43 Å². The first-order valence-electron chi connectivity index (χ1n) is 6.36. The van der Waals surface area contributed by atoms with Crippen LogP contribution < -0.4 is 15.8 Å². The first kappa shape index (κ1) is 13.3. The Morgan fingerprint density at radius 1 is 1.28 bits per heavy atom. The molecule has 1 aliphatic heterocycles. The van der Waals surface area contributed by atoms with E-state index < -0.39 is 0 Å². The van der Waals surface area contributed by atoms with Gasteiger partial charge in [0.15, 0.2) is 5.11 Å². The summed E-state index contributed by atoms with van der Waals surface area (Å²) in [7, 11) is 0. The van der Waals surface area contributed by atoms with Gasteiger partial charge in [-0.15, -0.1) is 0 Å².